The third kappa shape index (κ3) is 2.66. The zero-order valence-corrected chi connectivity index (χ0v) is 10.9. The van der Waals surface area contributed by atoms with Crippen LogP contribution in [-0.2, 0) is 6.54 Å². The smallest absolute Gasteiger partial charge is 0.172 e. The molecule has 3 rings (SSSR count). The molecule has 0 saturated carbocycles. The van der Waals surface area contributed by atoms with Crippen molar-refractivity contribution in [2.45, 2.75) is 6.54 Å². The first kappa shape index (κ1) is 11.9. The van der Waals surface area contributed by atoms with E-state index in [0.29, 0.717) is 17.5 Å². The van der Waals surface area contributed by atoms with Crippen LogP contribution < -0.4 is 5.32 Å². The van der Waals surface area contributed by atoms with Gasteiger partial charge in [0.2, 0.25) is 0 Å². The summed E-state index contributed by atoms with van der Waals surface area (Å²) >= 11 is 6.13. The van der Waals surface area contributed by atoms with E-state index in [9.17, 15) is 0 Å². The number of anilines is 1. The Morgan fingerprint density at radius 3 is 2.21 bits per heavy atom. The van der Waals surface area contributed by atoms with Gasteiger partial charge in [0.25, 0.3) is 0 Å². The quantitative estimate of drug-likeness (QED) is 0.784. The second-order valence-corrected chi connectivity index (χ2v) is 4.55. The number of rotatable bonds is 3. The molecule has 0 bridgehead atoms. The number of hydrogen-bond donors (Lipinski definition) is 1. The molecule has 4 heteroatoms. The zero-order chi connectivity index (χ0) is 13.1. The molecule has 0 atom stereocenters. The molecule has 3 aromatic rings. The maximum absolute atomic E-state index is 6.13. The van der Waals surface area contributed by atoms with Crippen LogP contribution in [0.1, 0.15) is 5.56 Å². The van der Waals surface area contributed by atoms with Crippen molar-refractivity contribution in [3.8, 4) is 0 Å². The van der Waals surface area contributed by atoms with Crippen LogP contribution in [0.25, 0.3) is 11.0 Å². The molecule has 0 aliphatic rings. The molecule has 19 heavy (non-hydrogen) atoms. The Labute approximate surface area is 116 Å². The minimum absolute atomic E-state index is 0.398. The van der Waals surface area contributed by atoms with Gasteiger partial charge in [-0.2, -0.15) is 0 Å². The van der Waals surface area contributed by atoms with Gasteiger partial charge < -0.3 is 5.32 Å². The van der Waals surface area contributed by atoms with E-state index in [2.05, 4.69) is 27.4 Å². The standard InChI is InChI=1S/C15H12ClN3/c16-14-15(17-10-11-6-2-1-3-7-11)19-13-9-5-4-8-12(13)18-14/h1-9H,10H2,(H,17,19). The molecular formula is C15H12ClN3. The summed E-state index contributed by atoms with van der Waals surface area (Å²) in [5.41, 5.74) is 2.81. The van der Waals surface area contributed by atoms with E-state index in [1.54, 1.807) is 0 Å². The zero-order valence-electron chi connectivity index (χ0n) is 10.2. The number of aromatic nitrogens is 2. The first-order valence-corrected chi connectivity index (χ1v) is 6.41. The predicted octanol–water partition coefficient (Wildman–Crippen LogP) is 3.90. The summed E-state index contributed by atoms with van der Waals surface area (Å²) in [6.07, 6.45) is 0. The average molecular weight is 270 g/mol. The van der Waals surface area contributed by atoms with Crippen LogP contribution in [0.3, 0.4) is 0 Å². The van der Waals surface area contributed by atoms with Gasteiger partial charge in [0, 0.05) is 6.54 Å². The van der Waals surface area contributed by atoms with Crippen LogP contribution in [-0.4, -0.2) is 9.97 Å². The van der Waals surface area contributed by atoms with Gasteiger partial charge in [-0.3, -0.25) is 0 Å². The number of nitrogens with one attached hydrogen (secondary N) is 1. The predicted molar refractivity (Wildman–Crippen MR) is 78.3 cm³/mol. The third-order valence-electron chi connectivity index (χ3n) is 2.83. The molecule has 3 nitrogen and oxygen atoms in total. The molecule has 94 valence electrons. The van der Waals surface area contributed by atoms with E-state index in [1.165, 1.54) is 5.56 Å². The number of para-hydroxylation sites is 2. The van der Waals surface area contributed by atoms with Crippen LogP contribution in [0, 0.1) is 0 Å². The van der Waals surface area contributed by atoms with Gasteiger partial charge in [-0.25, -0.2) is 9.97 Å². The summed E-state index contributed by atoms with van der Waals surface area (Å²) < 4.78 is 0. The van der Waals surface area contributed by atoms with E-state index in [1.807, 2.05) is 42.5 Å². The average Bonchev–Trinajstić information content (AvgIpc) is 2.46. The van der Waals surface area contributed by atoms with Gasteiger partial charge in [-0.05, 0) is 17.7 Å². The fraction of sp³-hybridized carbons (Fsp3) is 0.0667. The van der Waals surface area contributed by atoms with E-state index >= 15 is 0 Å². The molecule has 1 N–H and O–H groups in total. The van der Waals surface area contributed by atoms with E-state index in [0.717, 1.165) is 11.0 Å². The maximum atomic E-state index is 6.13. The first-order valence-electron chi connectivity index (χ1n) is 6.03. The summed E-state index contributed by atoms with van der Waals surface area (Å²) in [5, 5.41) is 3.61. The van der Waals surface area contributed by atoms with Crippen molar-refractivity contribution in [2.24, 2.45) is 0 Å². The molecule has 0 fully saturated rings. The largest absolute Gasteiger partial charge is 0.363 e. The Kier molecular flexibility index (Phi) is 3.29. The van der Waals surface area contributed by atoms with Crippen molar-refractivity contribution in [1.29, 1.82) is 0 Å². The molecule has 0 saturated heterocycles. The van der Waals surface area contributed by atoms with Gasteiger partial charge in [0.05, 0.1) is 11.0 Å². The summed E-state index contributed by atoms with van der Waals surface area (Å²) in [7, 11) is 0. The maximum Gasteiger partial charge on any atom is 0.172 e. The van der Waals surface area contributed by atoms with Crippen LogP contribution in [0.15, 0.2) is 54.6 Å². The highest BCUT2D eigenvalue weighted by atomic mass is 35.5. The van der Waals surface area contributed by atoms with Crippen LogP contribution in [0.5, 0.6) is 0 Å². The summed E-state index contributed by atoms with van der Waals surface area (Å²) in [6.45, 7) is 0.674. The van der Waals surface area contributed by atoms with Gasteiger partial charge in [0.15, 0.2) is 11.0 Å². The summed E-state index contributed by atoms with van der Waals surface area (Å²) in [5.74, 6) is 0.615. The van der Waals surface area contributed by atoms with Gasteiger partial charge in [0.1, 0.15) is 0 Å². The molecule has 1 aromatic heterocycles. The molecule has 0 aliphatic heterocycles. The highest BCUT2D eigenvalue weighted by molar-refractivity contribution is 6.32. The number of nitrogens with zero attached hydrogens (tertiary/aromatic N) is 2. The van der Waals surface area contributed by atoms with Crippen molar-refractivity contribution >= 4 is 28.5 Å². The lowest BCUT2D eigenvalue weighted by Gasteiger charge is -2.08. The Morgan fingerprint density at radius 2 is 1.47 bits per heavy atom. The lowest BCUT2D eigenvalue weighted by molar-refractivity contribution is 1.11. The SMILES string of the molecule is Clc1nc2ccccc2nc1NCc1ccccc1. The normalized spacial score (nSPS) is 10.6. The van der Waals surface area contributed by atoms with Crippen molar-refractivity contribution in [3.05, 3.63) is 65.3 Å². The number of fused-ring (bicyclic) bond motifs is 1. The highest BCUT2D eigenvalue weighted by Gasteiger charge is 2.05. The molecule has 2 aromatic carbocycles. The molecule has 0 unspecified atom stereocenters. The first-order chi connectivity index (χ1) is 9.33. The van der Waals surface area contributed by atoms with E-state index in [-0.39, 0.29) is 0 Å². The van der Waals surface area contributed by atoms with Gasteiger partial charge in [-0.15, -0.1) is 0 Å². The highest BCUT2D eigenvalue weighted by Crippen LogP contribution is 2.21. The lowest BCUT2D eigenvalue weighted by Crippen LogP contribution is -2.03. The minimum Gasteiger partial charge on any atom is -0.363 e. The Bertz CT molecular complexity index is 698. The number of hydrogen-bond acceptors (Lipinski definition) is 3. The van der Waals surface area contributed by atoms with Crippen molar-refractivity contribution < 1.29 is 0 Å². The lowest BCUT2D eigenvalue weighted by atomic mass is 10.2. The van der Waals surface area contributed by atoms with Gasteiger partial charge in [-0.1, -0.05) is 54.1 Å². The van der Waals surface area contributed by atoms with Crippen LogP contribution in [0.4, 0.5) is 5.82 Å². The number of halogens is 1. The fourth-order valence-corrected chi connectivity index (χ4v) is 2.07. The second kappa shape index (κ2) is 5.24. The molecular weight excluding hydrogens is 258 g/mol. The molecule has 0 radical (unpaired) electrons. The third-order valence-corrected chi connectivity index (χ3v) is 3.09. The summed E-state index contributed by atoms with van der Waals surface area (Å²) in [6, 6.07) is 17.8. The van der Waals surface area contributed by atoms with Gasteiger partial charge >= 0.3 is 0 Å². The Morgan fingerprint density at radius 1 is 0.842 bits per heavy atom. The van der Waals surface area contributed by atoms with Crippen LogP contribution in [0.2, 0.25) is 5.15 Å². The van der Waals surface area contributed by atoms with Crippen molar-refractivity contribution in [1.82, 2.24) is 9.97 Å². The second-order valence-electron chi connectivity index (χ2n) is 4.19. The van der Waals surface area contributed by atoms with E-state index in [4.69, 9.17) is 11.6 Å². The molecule has 0 amide bonds. The Balaban J connectivity index is 1.86. The molecule has 1 heterocycles. The fourth-order valence-electron chi connectivity index (χ4n) is 1.87. The van der Waals surface area contributed by atoms with Crippen molar-refractivity contribution in [3.63, 3.8) is 0 Å². The topological polar surface area (TPSA) is 37.8 Å². The minimum atomic E-state index is 0.398. The van der Waals surface area contributed by atoms with E-state index < -0.39 is 0 Å². The number of benzene rings is 2. The summed E-state index contributed by atoms with van der Waals surface area (Å²) in [4.78, 5) is 8.81. The van der Waals surface area contributed by atoms with Crippen LogP contribution >= 0.6 is 11.6 Å². The van der Waals surface area contributed by atoms with Crippen molar-refractivity contribution in [2.75, 3.05) is 5.32 Å². The Hall–Kier alpha value is -2.13. The molecule has 0 spiro atoms. The molecule has 0 aliphatic carbocycles. The monoisotopic (exact) mass is 269 g/mol.